The van der Waals surface area contributed by atoms with Crippen molar-refractivity contribution in [2.45, 2.75) is 0 Å². The average molecular weight is 300 g/mol. The van der Waals surface area contributed by atoms with Crippen LogP contribution in [0.2, 0.25) is 0 Å². The van der Waals surface area contributed by atoms with Crippen molar-refractivity contribution >= 4 is 21.9 Å². The molecule has 0 aliphatic heterocycles. The van der Waals surface area contributed by atoms with E-state index in [1.165, 1.54) is 31.4 Å². The second-order valence-electron chi connectivity index (χ2n) is 3.14. The molecule has 0 spiro atoms. The van der Waals surface area contributed by atoms with Crippen LogP contribution in [0.5, 0.6) is 0 Å². The first kappa shape index (κ1) is 11.8. The summed E-state index contributed by atoms with van der Waals surface area (Å²) in [5.41, 5.74) is 0.620. The van der Waals surface area contributed by atoms with Gasteiger partial charge in [-0.15, -0.1) is 0 Å². The Balaban J connectivity index is 2.41. The summed E-state index contributed by atoms with van der Waals surface area (Å²) < 4.78 is 22.7. The van der Waals surface area contributed by atoms with Crippen molar-refractivity contribution in [3.63, 3.8) is 0 Å². The number of hydrogen-bond donors (Lipinski definition) is 0. The van der Waals surface area contributed by atoms with E-state index in [9.17, 15) is 9.18 Å². The summed E-state index contributed by atoms with van der Waals surface area (Å²) >= 11 is 3.07. The van der Waals surface area contributed by atoms with E-state index in [4.69, 9.17) is 4.42 Å². The average Bonchev–Trinajstić information content (AvgIpc) is 2.71. The van der Waals surface area contributed by atoms with Crippen LogP contribution in [0.15, 0.2) is 33.4 Å². The molecule has 0 amide bonds. The molecule has 0 saturated carbocycles. The summed E-state index contributed by atoms with van der Waals surface area (Å²) in [6, 6.07) is 5.58. The molecule has 6 heteroatoms. The van der Waals surface area contributed by atoms with Crippen LogP contribution in [0.25, 0.3) is 11.5 Å². The minimum atomic E-state index is -0.603. The fourth-order valence-corrected chi connectivity index (χ4v) is 1.64. The molecule has 1 aromatic carbocycles. The molecule has 0 fully saturated rings. The molecule has 0 aliphatic carbocycles. The Kier molecular flexibility index (Phi) is 3.23. The third-order valence-electron chi connectivity index (χ3n) is 2.06. The Labute approximate surface area is 105 Å². The first-order chi connectivity index (χ1) is 8.11. The molecule has 88 valence electrons. The number of hydrogen-bond acceptors (Lipinski definition) is 4. The van der Waals surface area contributed by atoms with E-state index in [1.54, 1.807) is 0 Å². The highest BCUT2D eigenvalue weighted by atomic mass is 79.9. The minimum absolute atomic E-state index is 0.0480. The Morgan fingerprint density at radius 2 is 2.06 bits per heavy atom. The van der Waals surface area contributed by atoms with Crippen LogP contribution in [-0.4, -0.2) is 18.1 Å². The first-order valence-corrected chi connectivity index (χ1v) is 5.41. The van der Waals surface area contributed by atoms with Gasteiger partial charge in [0.2, 0.25) is 16.3 Å². The van der Waals surface area contributed by atoms with Crippen molar-refractivity contribution in [2.24, 2.45) is 0 Å². The predicted octanol–water partition coefficient (Wildman–Crippen LogP) is 3.03. The lowest BCUT2D eigenvalue weighted by Crippen LogP contribution is -2.02. The number of nitrogens with zero attached hydrogens (tertiary/aromatic N) is 1. The van der Waals surface area contributed by atoms with Crippen molar-refractivity contribution in [1.82, 2.24) is 4.98 Å². The maximum absolute atomic E-state index is 12.7. The van der Waals surface area contributed by atoms with Gasteiger partial charge in [0, 0.05) is 5.56 Å². The zero-order chi connectivity index (χ0) is 12.4. The van der Waals surface area contributed by atoms with Gasteiger partial charge < -0.3 is 9.15 Å². The Bertz CT molecular complexity index is 550. The standard InChI is InChI=1S/C11H7BrFNO3/c1-16-11(15)8-9(12)17-10(14-8)6-2-4-7(13)5-3-6/h2-5H,1H3. The molecule has 0 radical (unpaired) electrons. The number of esters is 1. The number of oxazole rings is 1. The van der Waals surface area contributed by atoms with Crippen LogP contribution >= 0.6 is 15.9 Å². The SMILES string of the molecule is COC(=O)c1nc(-c2ccc(F)cc2)oc1Br. The number of carbonyl (C=O) groups excluding carboxylic acids is 1. The second kappa shape index (κ2) is 4.67. The molecule has 2 rings (SSSR count). The summed E-state index contributed by atoms with van der Waals surface area (Å²) in [6.07, 6.45) is 0. The van der Waals surface area contributed by atoms with Crippen molar-refractivity contribution in [1.29, 1.82) is 0 Å². The van der Waals surface area contributed by atoms with Crippen LogP contribution in [0.3, 0.4) is 0 Å². The summed E-state index contributed by atoms with van der Waals surface area (Å²) in [7, 11) is 1.25. The lowest BCUT2D eigenvalue weighted by Gasteiger charge is -1.93. The van der Waals surface area contributed by atoms with E-state index >= 15 is 0 Å². The second-order valence-corrected chi connectivity index (χ2v) is 3.86. The van der Waals surface area contributed by atoms with Gasteiger partial charge in [-0.2, -0.15) is 0 Å². The van der Waals surface area contributed by atoms with E-state index in [2.05, 4.69) is 25.7 Å². The van der Waals surface area contributed by atoms with E-state index in [0.29, 0.717) is 5.56 Å². The summed E-state index contributed by atoms with van der Waals surface area (Å²) in [5.74, 6) is -0.737. The molecule has 0 saturated heterocycles. The summed E-state index contributed by atoms with van der Waals surface area (Å²) in [6.45, 7) is 0. The number of rotatable bonds is 2. The highest BCUT2D eigenvalue weighted by molar-refractivity contribution is 9.10. The fourth-order valence-electron chi connectivity index (χ4n) is 1.24. The van der Waals surface area contributed by atoms with Gasteiger partial charge in [-0.25, -0.2) is 14.2 Å². The fraction of sp³-hybridized carbons (Fsp3) is 0.0909. The maximum Gasteiger partial charge on any atom is 0.361 e. The predicted molar refractivity (Wildman–Crippen MR) is 60.9 cm³/mol. The van der Waals surface area contributed by atoms with Gasteiger partial charge in [0.05, 0.1) is 7.11 Å². The smallest absolute Gasteiger partial charge is 0.361 e. The normalized spacial score (nSPS) is 10.3. The molecule has 0 N–H and O–H groups in total. The third-order valence-corrected chi connectivity index (χ3v) is 2.59. The quantitative estimate of drug-likeness (QED) is 0.800. The monoisotopic (exact) mass is 299 g/mol. The Morgan fingerprint density at radius 1 is 1.41 bits per heavy atom. The van der Waals surface area contributed by atoms with Crippen molar-refractivity contribution in [2.75, 3.05) is 7.11 Å². The van der Waals surface area contributed by atoms with Crippen LogP contribution in [0.4, 0.5) is 4.39 Å². The van der Waals surface area contributed by atoms with Crippen molar-refractivity contribution in [3.8, 4) is 11.5 Å². The number of carbonyl (C=O) groups is 1. The van der Waals surface area contributed by atoms with E-state index in [-0.39, 0.29) is 22.1 Å². The largest absolute Gasteiger partial charge is 0.464 e. The Morgan fingerprint density at radius 3 is 2.65 bits per heavy atom. The molecule has 0 aliphatic rings. The van der Waals surface area contributed by atoms with Crippen molar-refractivity contribution in [3.05, 3.63) is 40.4 Å². The lowest BCUT2D eigenvalue weighted by molar-refractivity contribution is 0.0592. The van der Waals surface area contributed by atoms with E-state index in [0.717, 1.165) is 0 Å². The van der Waals surface area contributed by atoms with Gasteiger partial charge in [-0.05, 0) is 40.2 Å². The molecule has 17 heavy (non-hydrogen) atoms. The van der Waals surface area contributed by atoms with Crippen LogP contribution < -0.4 is 0 Å². The van der Waals surface area contributed by atoms with E-state index < -0.39 is 5.97 Å². The zero-order valence-corrected chi connectivity index (χ0v) is 10.3. The number of ether oxygens (including phenoxy) is 1. The van der Waals surface area contributed by atoms with Gasteiger partial charge in [-0.1, -0.05) is 0 Å². The molecular weight excluding hydrogens is 293 g/mol. The molecule has 0 atom stereocenters. The molecule has 4 nitrogen and oxygen atoms in total. The van der Waals surface area contributed by atoms with Gasteiger partial charge in [0.25, 0.3) is 0 Å². The van der Waals surface area contributed by atoms with E-state index in [1.807, 2.05) is 0 Å². The summed E-state index contributed by atoms with van der Waals surface area (Å²) in [5, 5.41) is 0. The molecule has 1 heterocycles. The van der Waals surface area contributed by atoms with Gasteiger partial charge in [0.1, 0.15) is 5.82 Å². The summed E-state index contributed by atoms with van der Waals surface area (Å²) in [4.78, 5) is 15.3. The zero-order valence-electron chi connectivity index (χ0n) is 8.74. The molecule has 1 aromatic heterocycles. The minimum Gasteiger partial charge on any atom is -0.464 e. The highest BCUT2D eigenvalue weighted by Crippen LogP contribution is 2.26. The van der Waals surface area contributed by atoms with Crippen molar-refractivity contribution < 1.29 is 18.3 Å². The number of methoxy groups -OCH3 is 1. The number of aromatic nitrogens is 1. The Hall–Kier alpha value is -1.69. The number of benzene rings is 1. The van der Waals surface area contributed by atoms with Crippen LogP contribution in [-0.2, 0) is 4.74 Å². The van der Waals surface area contributed by atoms with Crippen LogP contribution in [0.1, 0.15) is 10.5 Å². The lowest BCUT2D eigenvalue weighted by atomic mass is 10.2. The van der Waals surface area contributed by atoms with Gasteiger partial charge >= 0.3 is 5.97 Å². The van der Waals surface area contributed by atoms with Crippen LogP contribution in [0, 0.1) is 5.82 Å². The highest BCUT2D eigenvalue weighted by Gasteiger charge is 2.19. The molecule has 2 aromatic rings. The van der Waals surface area contributed by atoms with Gasteiger partial charge in [-0.3, -0.25) is 0 Å². The first-order valence-electron chi connectivity index (χ1n) is 4.62. The third kappa shape index (κ3) is 2.36. The number of halogens is 2. The maximum atomic E-state index is 12.7. The molecular formula is C11H7BrFNO3. The topological polar surface area (TPSA) is 52.3 Å². The molecule has 0 unspecified atom stereocenters. The molecule has 0 bridgehead atoms. The van der Waals surface area contributed by atoms with Gasteiger partial charge in [0.15, 0.2) is 0 Å².